The van der Waals surface area contributed by atoms with Gasteiger partial charge in [-0.3, -0.25) is 0 Å². The lowest BCUT2D eigenvalue weighted by atomic mass is 9.80. The average molecular weight is 633 g/mol. The van der Waals surface area contributed by atoms with E-state index in [-0.39, 0.29) is 52.7 Å². The Bertz CT molecular complexity index is 1860. The second-order valence-electron chi connectivity index (χ2n) is 12.8. The summed E-state index contributed by atoms with van der Waals surface area (Å²) in [5.74, 6) is -0.262. The van der Waals surface area contributed by atoms with Gasteiger partial charge in [-0.05, 0) is 47.6 Å². The van der Waals surface area contributed by atoms with Crippen molar-refractivity contribution in [3.63, 3.8) is 0 Å². The van der Waals surface area contributed by atoms with Gasteiger partial charge in [0.2, 0.25) is 0 Å². The number of carboxylic acid groups (broad SMARTS) is 1. The number of halogens is 2. The van der Waals surface area contributed by atoms with Crippen molar-refractivity contribution in [3.8, 4) is 16.9 Å². The number of benzene rings is 2. The number of nitrogen functional groups attached to an aromatic ring is 1. The van der Waals surface area contributed by atoms with Crippen LogP contribution in [0.1, 0.15) is 58.6 Å². The maximum Gasteiger partial charge on any atom is 0.407 e. The molecule has 0 saturated carbocycles. The summed E-state index contributed by atoms with van der Waals surface area (Å²) in [5, 5.41) is 10.6. The Kier molecular flexibility index (Phi) is 8.39. The predicted octanol–water partition coefficient (Wildman–Crippen LogP) is 7.19. The first kappa shape index (κ1) is 32.0. The molecule has 9 nitrogen and oxygen atoms in total. The molecular weight excluding hydrogens is 595 g/mol. The van der Waals surface area contributed by atoms with Gasteiger partial charge in [-0.1, -0.05) is 83.1 Å². The van der Waals surface area contributed by atoms with Crippen LogP contribution in [0.25, 0.3) is 34.1 Å². The van der Waals surface area contributed by atoms with Gasteiger partial charge in [-0.2, -0.15) is 4.98 Å². The van der Waals surface area contributed by atoms with Crippen LogP contribution in [-0.4, -0.2) is 55.8 Å². The fourth-order valence-electron chi connectivity index (χ4n) is 6.65. The van der Waals surface area contributed by atoms with E-state index in [2.05, 4.69) is 11.6 Å². The van der Waals surface area contributed by atoms with Crippen LogP contribution in [-0.2, 0) is 0 Å². The first-order valence-corrected chi connectivity index (χ1v) is 15.2. The Labute approximate surface area is 266 Å². The third kappa shape index (κ3) is 5.52. The Balaban J connectivity index is 1.89. The van der Waals surface area contributed by atoms with Gasteiger partial charge in [-0.15, -0.1) is 0 Å². The molecule has 2 atom stereocenters. The van der Waals surface area contributed by atoms with E-state index in [1.54, 1.807) is 18.2 Å². The molecule has 1 saturated heterocycles. The third-order valence-electron chi connectivity index (χ3n) is 8.52. The zero-order valence-corrected chi connectivity index (χ0v) is 27.1. The van der Waals surface area contributed by atoms with E-state index < -0.39 is 29.1 Å². The number of fused-ring (bicyclic) bond motifs is 1. The monoisotopic (exact) mass is 632 g/mol. The zero-order valence-electron chi connectivity index (χ0n) is 26.3. The number of nitrogens with zero attached hydrogens (tertiary/aromatic N) is 5. The van der Waals surface area contributed by atoms with E-state index in [4.69, 9.17) is 22.3 Å². The summed E-state index contributed by atoms with van der Waals surface area (Å²) in [6, 6.07) is 10.9. The minimum absolute atomic E-state index is 0.0205. The molecule has 1 unspecified atom stereocenters. The van der Waals surface area contributed by atoms with Crippen molar-refractivity contribution in [2.24, 2.45) is 5.41 Å². The molecule has 0 aliphatic carbocycles. The highest BCUT2D eigenvalue weighted by atomic mass is 35.5. The van der Waals surface area contributed by atoms with Gasteiger partial charge in [0.15, 0.2) is 5.65 Å². The number of carbonyl (C=O) groups is 1. The number of piperazine rings is 1. The topological polar surface area (TPSA) is 118 Å². The largest absolute Gasteiger partial charge is 0.465 e. The number of hydrogen-bond donors (Lipinski definition) is 2. The summed E-state index contributed by atoms with van der Waals surface area (Å²) in [6.45, 7) is 16.4. The summed E-state index contributed by atoms with van der Waals surface area (Å²) >= 11 is 6.85. The zero-order chi connectivity index (χ0) is 33.0. The maximum absolute atomic E-state index is 15.3. The van der Waals surface area contributed by atoms with Gasteiger partial charge in [0, 0.05) is 24.8 Å². The standard InChI is InChI=1S/C34H38ClFN6O3/c1-8-20-11-9-12-21(18(2)3)28(20)42-31-22(17-23(35)27(38-31)26-24(36)13-10-14-25(26)37)30(39-32(42)43)40-15-16-41(33(44)45)29(19(40)4)34(5,6)7/h8-14,17-19,29H,1,15-16,37H2,2-7H3,(H,44,45)/t19-,29?/m0/s1. The molecule has 1 aliphatic rings. The van der Waals surface area contributed by atoms with Crippen LogP contribution >= 0.6 is 11.6 Å². The molecule has 2 aromatic heterocycles. The van der Waals surface area contributed by atoms with Gasteiger partial charge in [-0.25, -0.2) is 23.5 Å². The lowest BCUT2D eigenvalue weighted by Gasteiger charge is -2.51. The lowest BCUT2D eigenvalue weighted by molar-refractivity contribution is 0.0562. The Morgan fingerprint density at radius 3 is 2.47 bits per heavy atom. The van der Waals surface area contributed by atoms with E-state index in [0.29, 0.717) is 22.5 Å². The molecule has 3 heterocycles. The number of nitrogens with two attached hydrogens (primary N) is 1. The molecule has 1 amide bonds. The highest BCUT2D eigenvalue weighted by molar-refractivity contribution is 6.34. The molecule has 45 heavy (non-hydrogen) atoms. The fourth-order valence-corrected chi connectivity index (χ4v) is 6.90. The van der Waals surface area contributed by atoms with Gasteiger partial charge < -0.3 is 20.6 Å². The lowest BCUT2D eigenvalue weighted by Crippen LogP contribution is -2.64. The van der Waals surface area contributed by atoms with Crippen LogP contribution in [0.4, 0.5) is 20.7 Å². The minimum atomic E-state index is -1.01. The summed E-state index contributed by atoms with van der Waals surface area (Å²) in [7, 11) is 0. The number of pyridine rings is 1. The van der Waals surface area contributed by atoms with E-state index in [1.807, 2.05) is 64.6 Å². The SMILES string of the molecule is C=Cc1cccc(C(C)C)c1-n1c(=O)nc(N2CCN(C(=O)O)C(C(C)(C)C)[C@@H]2C)c2cc(Cl)c(-c3c(N)cccc3F)nc21. The molecular formula is C34H38ClFN6O3. The molecule has 0 radical (unpaired) electrons. The summed E-state index contributed by atoms with van der Waals surface area (Å²) in [4.78, 5) is 39.4. The van der Waals surface area contributed by atoms with Crippen LogP contribution in [0, 0.1) is 11.2 Å². The van der Waals surface area contributed by atoms with E-state index >= 15 is 4.39 Å². The number of amides is 1. The molecule has 4 aromatic rings. The van der Waals surface area contributed by atoms with Crippen molar-refractivity contribution >= 4 is 46.3 Å². The Hall–Kier alpha value is -4.44. The summed E-state index contributed by atoms with van der Waals surface area (Å²) in [6.07, 6.45) is 0.661. The first-order chi connectivity index (χ1) is 21.2. The van der Waals surface area contributed by atoms with Crippen molar-refractivity contribution in [1.29, 1.82) is 0 Å². The van der Waals surface area contributed by atoms with Crippen LogP contribution in [0.3, 0.4) is 0 Å². The molecule has 1 aliphatic heterocycles. The number of aromatic nitrogens is 3. The van der Waals surface area contributed by atoms with Crippen molar-refractivity contribution in [1.82, 2.24) is 19.4 Å². The van der Waals surface area contributed by atoms with Crippen molar-refractivity contribution in [3.05, 3.63) is 81.5 Å². The van der Waals surface area contributed by atoms with Gasteiger partial charge in [0.1, 0.15) is 11.6 Å². The Morgan fingerprint density at radius 1 is 1.18 bits per heavy atom. The van der Waals surface area contributed by atoms with Crippen LogP contribution in [0.2, 0.25) is 5.02 Å². The first-order valence-electron chi connectivity index (χ1n) is 14.9. The second-order valence-corrected chi connectivity index (χ2v) is 13.2. The third-order valence-corrected chi connectivity index (χ3v) is 8.81. The number of para-hydroxylation sites is 1. The van der Waals surface area contributed by atoms with E-state index in [9.17, 15) is 14.7 Å². The van der Waals surface area contributed by atoms with Crippen LogP contribution in [0.15, 0.2) is 53.8 Å². The number of hydrogen-bond acceptors (Lipinski definition) is 6. The quantitative estimate of drug-likeness (QED) is 0.224. The minimum Gasteiger partial charge on any atom is -0.465 e. The van der Waals surface area contributed by atoms with Crippen molar-refractivity contribution in [2.75, 3.05) is 23.7 Å². The van der Waals surface area contributed by atoms with Gasteiger partial charge >= 0.3 is 11.8 Å². The molecule has 1 fully saturated rings. The molecule has 0 spiro atoms. The number of anilines is 2. The smallest absolute Gasteiger partial charge is 0.407 e. The maximum atomic E-state index is 15.3. The number of rotatable bonds is 5. The molecule has 5 rings (SSSR count). The second kappa shape index (κ2) is 11.8. The highest BCUT2D eigenvalue weighted by Crippen LogP contribution is 2.40. The molecule has 11 heteroatoms. The van der Waals surface area contributed by atoms with E-state index in [0.717, 1.165) is 5.56 Å². The Morgan fingerprint density at radius 2 is 1.87 bits per heavy atom. The fraction of sp³-hybridized carbons (Fsp3) is 0.353. The average Bonchev–Trinajstić information content (AvgIpc) is 2.96. The van der Waals surface area contributed by atoms with Gasteiger partial charge in [0.05, 0.1) is 33.4 Å². The highest BCUT2D eigenvalue weighted by Gasteiger charge is 2.44. The van der Waals surface area contributed by atoms with Gasteiger partial charge in [0.25, 0.3) is 0 Å². The molecule has 3 N–H and O–H groups in total. The molecule has 0 bridgehead atoms. The predicted molar refractivity (Wildman–Crippen MR) is 179 cm³/mol. The summed E-state index contributed by atoms with van der Waals surface area (Å²) < 4.78 is 16.7. The normalized spacial score (nSPS) is 17.3. The van der Waals surface area contributed by atoms with Crippen LogP contribution in [0.5, 0.6) is 0 Å². The van der Waals surface area contributed by atoms with Crippen molar-refractivity contribution in [2.45, 2.75) is 59.5 Å². The van der Waals surface area contributed by atoms with E-state index in [1.165, 1.54) is 21.6 Å². The van der Waals surface area contributed by atoms with Crippen molar-refractivity contribution < 1.29 is 14.3 Å². The summed E-state index contributed by atoms with van der Waals surface area (Å²) in [5.41, 5.74) is 7.79. The molecule has 236 valence electrons. The molecule has 2 aromatic carbocycles. The van der Waals surface area contributed by atoms with Crippen LogP contribution < -0.4 is 16.3 Å².